The maximum Gasteiger partial charge on any atom is 0.251 e. The molecule has 0 radical (unpaired) electrons. The van der Waals surface area contributed by atoms with E-state index in [0.29, 0.717) is 23.4 Å². The van der Waals surface area contributed by atoms with E-state index in [9.17, 15) is 19.6 Å². The number of hydrogen-bond donors (Lipinski definition) is 3. The number of rotatable bonds is 7. The van der Waals surface area contributed by atoms with Gasteiger partial charge in [-0.05, 0) is 62.2 Å². The Morgan fingerprint density at radius 3 is 2.77 bits per heavy atom. The zero-order valence-corrected chi connectivity index (χ0v) is 21.5. The van der Waals surface area contributed by atoms with Crippen LogP contribution in [0.15, 0.2) is 48.8 Å². The first-order valence-corrected chi connectivity index (χ1v) is 13.0. The summed E-state index contributed by atoms with van der Waals surface area (Å²) >= 11 is 0. The van der Waals surface area contributed by atoms with Gasteiger partial charge in [0.05, 0.1) is 12.1 Å². The van der Waals surface area contributed by atoms with Crippen molar-refractivity contribution in [3.63, 3.8) is 0 Å². The molecule has 5 rings (SSSR count). The highest BCUT2D eigenvalue weighted by molar-refractivity contribution is 5.80. The summed E-state index contributed by atoms with van der Waals surface area (Å²) in [6.45, 7) is 2.49. The number of aliphatic hydroxyl groups is 1. The molecule has 2 aliphatic rings. The van der Waals surface area contributed by atoms with Crippen molar-refractivity contribution in [3.05, 3.63) is 59.9 Å². The lowest BCUT2D eigenvalue weighted by Crippen LogP contribution is -2.51. The molecule has 11 heteroatoms. The van der Waals surface area contributed by atoms with Crippen LogP contribution in [-0.4, -0.2) is 68.9 Å². The zero-order chi connectivity index (χ0) is 27.4. The number of benzene rings is 2. The first kappa shape index (κ1) is 26.5. The van der Waals surface area contributed by atoms with Crippen LogP contribution in [0, 0.1) is 11.3 Å². The number of nitrogens with zero attached hydrogens (tertiary/aromatic N) is 5. The fraction of sp³-hybridized carbons (Fsp3) is 0.393. The Morgan fingerprint density at radius 2 is 2.08 bits per heavy atom. The van der Waals surface area contributed by atoms with E-state index in [1.165, 1.54) is 30.1 Å². The smallest absolute Gasteiger partial charge is 0.251 e. The van der Waals surface area contributed by atoms with E-state index in [4.69, 9.17) is 4.74 Å². The second-order valence-corrected chi connectivity index (χ2v) is 9.77. The van der Waals surface area contributed by atoms with Crippen molar-refractivity contribution >= 4 is 17.5 Å². The lowest BCUT2D eigenvalue weighted by Gasteiger charge is -2.35. The van der Waals surface area contributed by atoms with Crippen LogP contribution in [0.5, 0.6) is 5.75 Å². The Morgan fingerprint density at radius 1 is 1.26 bits per heavy atom. The van der Waals surface area contributed by atoms with Gasteiger partial charge in [-0.25, -0.2) is 14.4 Å². The van der Waals surface area contributed by atoms with Gasteiger partial charge in [-0.2, -0.15) is 10.2 Å². The van der Waals surface area contributed by atoms with Gasteiger partial charge in [0, 0.05) is 30.3 Å². The summed E-state index contributed by atoms with van der Waals surface area (Å²) in [5, 5.41) is 25.9. The van der Waals surface area contributed by atoms with Crippen molar-refractivity contribution in [2.45, 2.75) is 50.6 Å². The number of nitrogens with one attached hydrogen (secondary N) is 2. The molecule has 2 saturated heterocycles. The summed E-state index contributed by atoms with van der Waals surface area (Å²) in [7, 11) is 0. The number of halogens is 1. The SMILES string of the molecule is CC(O)C(=O)N1CC[C@H](Oc2ccc(-c3ncnc(Nc4ccc([C@H]5CCCN5)cc4)n3)cc2C#N)[C@H](F)C1. The number of hydrogen-bond acceptors (Lipinski definition) is 9. The Kier molecular flexibility index (Phi) is 7.95. The first-order chi connectivity index (χ1) is 18.9. The number of aromatic nitrogens is 3. The van der Waals surface area contributed by atoms with Crippen molar-refractivity contribution in [1.82, 2.24) is 25.2 Å². The van der Waals surface area contributed by atoms with Crippen LogP contribution in [0.3, 0.4) is 0 Å². The molecule has 10 nitrogen and oxygen atoms in total. The fourth-order valence-electron chi connectivity index (χ4n) is 4.90. The Balaban J connectivity index is 1.26. The summed E-state index contributed by atoms with van der Waals surface area (Å²) in [4.78, 5) is 26.2. The predicted molar refractivity (Wildman–Crippen MR) is 142 cm³/mol. The Labute approximate surface area is 225 Å². The molecule has 3 N–H and O–H groups in total. The highest BCUT2D eigenvalue weighted by Crippen LogP contribution is 2.29. The van der Waals surface area contributed by atoms with E-state index >= 15 is 0 Å². The van der Waals surface area contributed by atoms with Crippen molar-refractivity contribution in [3.8, 4) is 23.2 Å². The minimum Gasteiger partial charge on any atom is -0.486 e. The van der Waals surface area contributed by atoms with Crippen LogP contribution < -0.4 is 15.4 Å². The summed E-state index contributed by atoms with van der Waals surface area (Å²) < 4.78 is 20.6. The third-order valence-electron chi connectivity index (χ3n) is 6.99. The molecule has 0 saturated carbocycles. The molecule has 3 aromatic rings. The molecule has 2 fully saturated rings. The maximum atomic E-state index is 14.8. The third kappa shape index (κ3) is 6.13. The van der Waals surface area contributed by atoms with Crippen LogP contribution in [0.1, 0.15) is 43.4 Å². The van der Waals surface area contributed by atoms with Crippen molar-refractivity contribution in [1.29, 1.82) is 5.26 Å². The number of nitriles is 1. The highest BCUT2D eigenvalue weighted by atomic mass is 19.1. The normalized spacial score (nSPS) is 21.7. The van der Waals surface area contributed by atoms with E-state index in [0.717, 1.165) is 18.7 Å². The molecule has 202 valence electrons. The van der Waals surface area contributed by atoms with Gasteiger partial charge in [0.15, 0.2) is 12.0 Å². The van der Waals surface area contributed by atoms with Crippen LogP contribution in [0.2, 0.25) is 0 Å². The molecule has 1 amide bonds. The zero-order valence-electron chi connectivity index (χ0n) is 21.5. The Hall–Kier alpha value is -4.14. The van der Waals surface area contributed by atoms with Gasteiger partial charge in [0.1, 0.15) is 30.4 Å². The number of amides is 1. The molecule has 0 bridgehead atoms. The predicted octanol–water partition coefficient (Wildman–Crippen LogP) is 3.28. The number of carbonyl (C=O) groups excluding carboxylic acids is 1. The summed E-state index contributed by atoms with van der Waals surface area (Å²) in [5.41, 5.74) is 2.89. The molecule has 3 heterocycles. The second-order valence-electron chi connectivity index (χ2n) is 9.77. The summed E-state index contributed by atoms with van der Waals surface area (Å²) in [6, 6.07) is 15.5. The second kappa shape index (κ2) is 11.7. The largest absolute Gasteiger partial charge is 0.486 e. The molecular weight excluding hydrogens is 501 g/mol. The van der Waals surface area contributed by atoms with Crippen LogP contribution in [0.4, 0.5) is 16.0 Å². The molecule has 4 atom stereocenters. The molecular formula is C28H30FN7O3. The van der Waals surface area contributed by atoms with Gasteiger partial charge in [-0.15, -0.1) is 0 Å². The maximum absolute atomic E-state index is 14.8. The molecule has 1 unspecified atom stereocenters. The van der Waals surface area contributed by atoms with Crippen LogP contribution in [-0.2, 0) is 4.79 Å². The first-order valence-electron chi connectivity index (χ1n) is 13.0. The molecule has 2 aliphatic heterocycles. The molecule has 39 heavy (non-hydrogen) atoms. The number of carbonyl (C=O) groups is 1. The average molecular weight is 532 g/mol. The van der Waals surface area contributed by atoms with Gasteiger partial charge in [0.2, 0.25) is 5.95 Å². The van der Waals surface area contributed by atoms with Gasteiger partial charge >= 0.3 is 0 Å². The molecule has 0 spiro atoms. The molecule has 2 aromatic carbocycles. The number of ether oxygens (including phenoxy) is 1. The third-order valence-corrected chi connectivity index (χ3v) is 6.99. The lowest BCUT2D eigenvalue weighted by atomic mass is 10.0. The van der Waals surface area contributed by atoms with Gasteiger partial charge < -0.3 is 25.4 Å². The lowest BCUT2D eigenvalue weighted by molar-refractivity contribution is -0.143. The van der Waals surface area contributed by atoms with Crippen LogP contribution in [0.25, 0.3) is 11.4 Å². The highest BCUT2D eigenvalue weighted by Gasteiger charge is 2.34. The van der Waals surface area contributed by atoms with Crippen molar-refractivity contribution < 1.29 is 19.0 Å². The molecule has 0 aliphatic carbocycles. The Bertz CT molecular complexity index is 1360. The van der Waals surface area contributed by atoms with E-state index in [1.807, 2.05) is 12.1 Å². The summed E-state index contributed by atoms with van der Waals surface area (Å²) in [6.07, 6.45) is 0.510. The number of aliphatic hydroxyl groups excluding tert-OH is 1. The minimum atomic E-state index is -1.45. The summed E-state index contributed by atoms with van der Waals surface area (Å²) in [5.74, 6) is 0.469. The van der Waals surface area contributed by atoms with Crippen molar-refractivity contribution in [2.75, 3.05) is 25.0 Å². The number of anilines is 2. The van der Waals surface area contributed by atoms with Gasteiger partial charge in [-0.1, -0.05) is 12.1 Å². The fourth-order valence-corrected chi connectivity index (χ4v) is 4.90. The van der Waals surface area contributed by atoms with E-state index < -0.39 is 24.3 Å². The number of likely N-dealkylation sites (tertiary alicyclic amines) is 1. The van der Waals surface area contributed by atoms with Gasteiger partial charge in [0.25, 0.3) is 5.91 Å². The monoisotopic (exact) mass is 531 g/mol. The topological polar surface area (TPSA) is 136 Å². The molecule has 1 aromatic heterocycles. The number of piperidine rings is 1. The number of alkyl halides is 1. The van der Waals surface area contributed by atoms with Crippen LogP contribution >= 0.6 is 0 Å². The van der Waals surface area contributed by atoms with Gasteiger partial charge in [-0.3, -0.25) is 4.79 Å². The van der Waals surface area contributed by atoms with E-state index in [1.54, 1.807) is 18.2 Å². The van der Waals surface area contributed by atoms with Crippen molar-refractivity contribution in [2.24, 2.45) is 0 Å². The minimum absolute atomic E-state index is 0.171. The van der Waals surface area contributed by atoms with E-state index in [-0.39, 0.29) is 30.8 Å². The quantitative estimate of drug-likeness (QED) is 0.420. The van der Waals surface area contributed by atoms with E-state index in [2.05, 4.69) is 43.8 Å². The standard InChI is InChI=1S/C28H30FN7O3/c1-17(37)27(38)36-12-10-25(22(29)15-36)39-24-9-6-19(13-20(24)14-30)26-32-16-33-28(35-26)34-21-7-4-18(5-8-21)23-3-2-11-31-23/h4-9,13,16-17,22-23,25,31,37H,2-3,10-12,15H2,1H3,(H,32,33,34,35)/t17?,22-,23-,25+/m1/s1. The average Bonchev–Trinajstić information content (AvgIpc) is 3.49.